The minimum atomic E-state index is 0.282. The summed E-state index contributed by atoms with van der Waals surface area (Å²) in [7, 11) is 0. The number of hydrogen-bond acceptors (Lipinski definition) is 1. The van der Waals surface area contributed by atoms with E-state index in [4.69, 9.17) is 0 Å². The SMILES string of the molecule is C=CCCCCCC1CCC1CNC(C)(C)C. The van der Waals surface area contributed by atoms with E-state index in [-0.39, 0.29) is 5.54 Å². The predicted molar refractivity (Wildman–Crippen MR) is 77.3 cm³/mol. The minimum Gasteiger partial charge on any atom is -0.312 e. The van der Waals surface area contributed by atoms with Crippen LogP contribution >= 0.6 is 0 Å². The Labute approximate surface area is 108 Å². The summed E-state index contributed by atoms with van der Waals surface area (Å²) < 4.78 is 0. The van der Waals surface area contributed by atoms with Gasteiger partial charge in [-0.3, -0.25) is 0 Å². The Kier molecular flexibility index (Phi) is 6.26. The van der Waals surface area contributed by atoms with Gasteiger partial charge >= 0.3 is 0 Å². The van der Waals surface area contributed by atoms with Crippen molar-refractivity contribution in [3.05, 3.63) is 12.7 Å². The zero-order chi connectivity index (χ0) is 12.7. The zero-order valence-electron chi connectivity index (χ0n) is 12.1. The first-order valence-electron chi connectivity index (χ1n) is 7.39. The molecule has 0 aliphatic heterocycles. The molecule has 0 aromatic heterocycles. The van der Waals surface area contributed by atoms with Gasteiger partial charge in [-0.1, -0.05) is 25.3 Å². The third kappa shape index (κ3) is 6.26. The Balaban J connectivity index is 2.04. The van der Waals surface area contributed by atoms with Gasteiger partial charge in [0.2, 0.25) is 0 Å². The smallest absolute Gasteiger partial charge is 0.00966 e. The average Bonchev–Trinajstić information content (AvgIpc) is 2.20. The molecule has 1 aliphatic rings. The fourth-order valence-electron chi connectivity index (χ4n) is 2.60. The van der Waals surface area contributed by atoms with Crippen molar-refractivity contribution in [2.24, 2.45) is 11.8 Å². The van der Waals surface area contributed by atoms with Gasteiger partial charge < -0.3 is 5.32 Å². The van der Waals surface area contributed by atoms with E-state index in [1.807, 2.05) is 6.08 Å². The Morgan fingerprint density at radius 1 is 1.12 bits per heavy atom. The molecule has 0 aromatic carbocycles. The first-order chi connectivity index (χ1) is 8.03. The van der Waals surface area contributed by atoms with E-state index < -0.39 is 0 Å². The molecule has 1 fully saturated rings. The van der Waals surface area contributed by atoms with Crippen LogP contribution in [0.1, 0.15) is 65.7 Å². The normalized spacial score (nSPS) is 24.4. The lowest BCUT2D eigenvalue weighted by molar-refractivity contribution is 0.146. The Hall–Kier alpha value is -0.300. The van der Waals surface area contributed by atoms with Crippen molar-refractivity contribution < 1.29 is 0 Å². The van der Waals surface area contributed by atoms with E-state index in [9.17, 15) is 0 Å². The lowest BCUT2D eigenvalue weighted by Gasteiger charge is -2.39. The first kappa shape index (κ1) is 14.8. The van der Waals surface area contributed by atoms with Crippen LogP contribution in [0, 0.1) is 11.8 Å². The summed E-state index contributed by atoms with van der Waals surface area (Å²) in [4.78, 5) is 0. The largest absolute Gasteiger partial charge is 0.312 e. The Morgan fingerprint density at radius 3 is 2.35 bits per heavy atom. The van der Waals surface area contributed by atoms with Gasteiger partial charge in [-0.05, 0) is 64.8 Å². The highest BCUT2D eigenvalue weighted by Crippen LogP contribution is 2.37. The molecule has 2 atom stereocenters. The maximum atomic E-state index is 3.77. The van der Waals surface area contributed by atoms with Crippen molar-refractivity contribution in [2.45, 2.75) is 71.3 Å². The molecule has 0 bridgehead atoms. The summed E-state index contributed by atoms with van der Waals surface area (Å²) in [6, 6.07) is 0. The zero-order valence-corrected chi connectivity index (χ0v) is 12.1. The number of hydrogen-bond donors (Lipinski definition) is 1. The monoisotopic (exact) mass is 237 g/mol. The van der Waals surface area contributed by atoms with Gasteiger partial charge in [0.25, 0.3) is 0 Å². The Bertz CT molecular complexity index is 214. The summed E-state index contributed by atoms with van der Waals surface area (Å²) >= 11 is 0. The third-order valence-electron chi connectivity index (χ3n) is 3.95. The van der Waals surface area contributed by atoms with E-state index in [2.05, 4.69) is 32.7 Å². The van der Waals surface area contributed by atoms with Crippen LogP contribution in [-0.4, -0.2) is 12.1 Å². The number of allylic oxidation sites excluding steroid dienone is 1. The summed E-state index contributed by atoms with van der Waals surface area (Å²) in [6.07, 6.45) is 11.7. The fraction of sp³-hybridized carbons (Fsp3) is 0.875. The van der Waals surface area contributed by atoms with Crippen LogP contribution in [0.25, 0.3) is 0 Å². The summed E-state index contributed by atoms with van der Waals surface area (Å²) in [6.45, 7) is 11.8. The van der Waals surface area contributed by atoms with Gasteiger partial charge in [0.1, 0.15) is 0 Å². The molecule has 0 amide bonds. The second kappa shape index (κ2) is 7.20. The minimum absolute atomic E-state index is 0.282. The topological polar surface area (TPSA) is 12.0 Å². The second-order valence-electron chi connectivity index (χ2n) is 6.66. The Morgan fingerprint density at radius 2 is 1.82 bits per heavy atom. The molecular formula is C16H31N. The highest BCUT2D eigenvalue weighted by atomic mass is 14.9. The fourth-order valence-corrected chi connectivity index (χ4v) is 2.60. The van der Waals surface area contributed by atoms with Crippen molar-refractivity contribution >= 4 is 0 Å². The van der Waals surface area contributed by atoms with Gasteiger partial charge in [-0.25, -0.2) is 0 Å². The molecule has 0 radical (unpaired) electrons. The lowest BCUT2D eigenvalue weighted by Crippen LogP contribution is -2.43. The van der Waals surface area contributed by atoms with Crippen molar-refractivity contribution in [3.8, 4) is 0 Å². The second-order valence-corrected chi connectivity index (χ2v) is 6.66. The van der Waals surface area contributed by atoms with Gasteiger partial charge in [0.15, 0.2) is 0 Å². The van der Waals surface area contributed by atoms with Crippen LogP contribution in [0.3, 0.4) is 0 Å². The summed E-state index contributed by atoms with van der Waals surface area (Å²) in [5, 5.41) is 3.65. The molecule has 1 rings (SSSR count). The van der Waals surface area contributed by atoms with E-state index in [1.54, 1.807) is 0 Å². The highest BCUT2D eigenvalue weighted by Gasteiger charge is 2.30. The lowest BCUT2D eigenvalue weighted by atomic mass is 9.71. The van der Waals surface area contributed by atoms with Gasteiger partial charge in [-0.15, -0.1) is 6.58 Å². The van der Waals surface area contributed by atoms with Gasteiger partial charge in [0.05, 0.1) is 0 Å². The number of rotatable bonds is 8. The molecule has 1 aliphatic carbocycles. The van der Waals surface area contributed by atoms with E-state index in [0.29, 0.717) is 0 Å². The van der Waals surface area contributed by atoms with Gasteiger partial charge in [-0.2, -0.15) is 0 Å². The van der Waals surface area contributed by atoms with E-state index >= 15 is 0 Å². The number of nitrogens with one attached hydrogen (secondary N) is 1. The molecule has 0 heterocycles. The van der Waals surface area contributed by atoms with Crippen LogP contribution in [-0.2, 0) is 0 Å². The molecule has 17 heavy (non-hydrogen) atoms. The first-order valence-corrected chi connectivity index (χ1v) is 7.39. The molecule has 1 N–H and O–H groups in total. The van der Waals surface area contributed by atoms with Gasteiger partial charge in [0, 0.05) is 5.54 Å². The van der Waals surface area contributed by atoms with E-state index in [1.165, 1.54) is 51.5 Å². The molecule has 2 unspecified atom stereocenters. The van der Waals surface area contributed by atoms with Crippen molar-refractivity contribution in [3.63, 3.8) is 0 Å². The summed E-state index contributed by atoms with van der Waals surface area (Å²) in [5.41, 5.74) is 0.282. The molecule has 1 saturated carbocycles. The third-order valence-corrected chi connectivity index (χ3v) is 3.95. The molecule has 0 spiro atoms. The van der Waals surface area contributed by atoms with E-state index in [0.717, 1.165) is 11.8 Å². The van der Waals surface area contributed by atoms with Crippen LogP contribution in [0.2, 0.25) is 0 Å². The highest BCUT2D eigenvalue weighted by molar-refractivity contribution is 4.84. The van der Waals surface area contributed by atoms with Crippen molar-refractivity contribution in [1.29, 1.82) is 0 Å². The summed E-state index contributed by atoms with van der Waals surface area (Å²) in [5.74, 6) is 1.96. The quantitative estimate of drug-likeness (QED) is 0.483. The van der Waals surface area contributed by atoms with Crippen molar-refractivity contribution in [2.75, 3.05) is 6.54 Å². The predicted octanol–water partition coefficient (Wildman–Crippen LogP) is 4.54. The molecule has 0 saturated heterocycles. The molecule has 100 valence electrons. The van der Waals surface area contributed by atoms with Crippen LogP contribution < -0.4 is 5.32 Å². The number of unbranched alkanes of at least 4 members (excludes halogenated alkanes) is 3. The average molecular weight is 237 g/mol. The maximum Gasteiger partial charge on any atom is 0.00966 e. The molecule has 0 aromatic rings. The standard InChI is InChI=1S/C16H31N/c1-5-6-7-8-9-10-14-11-12-15(14)13-17-16(2,3)4/h5,14-15,17H,1,6-13H2,2-4H3. The van der Waals surface area contributed by atoms with Crippen LogP contribution in [0.15, 0.2) is 12.7 Å². The van der Waals surface area contributed by atoms with Crippen LogP contribution in [0.4, 0.5) is 0 Å². The maximum absolute atomic E-state index is 3.77. The molecular weight excluding hydrogens is 206 g/mol. The van der Waals surface area contributed by atoms with Crippen molar-refractivity contribution in [1.82, 2.24) is 5.32 Å². The van der Waals surface area contributed by atoms with Crippen LogP contribution in [0.5, 0.6) is 0 Å². The molecule has 1 heteroatoms. The molecule has 1 nitrogen and oxygen atoms in total.